The molecule has 1 aliphatic rings. The van der Waals surface area contributed by atoms with Crippen molar-refractivity contribution in [3.05, 3.63) is 22.8 Å². The van der Waals surface area contributed by atoms with Gasteiger partial charge in [0.2, 0.25) is 0 Å². The average Bonchev–Trinajstić information content (AvgIpc) is 2.45. The highest BCUT2D eigenvalue weighted by Crippen LogP contribution is 2.32. The first-order valence-corrected chi connectivity index (χ1v) is 8.47. The minimum absolute atomic E-state index is 0.467. The van der Waals surface area contributed by atoms with Crippen LogP contribution in [0.25, 0.3) is 0 Å². The molecular formula is C17H28ClN3. The Hall–Kier alpha value is -0.800. The molecular weight excluding hydrogens is 282 g/mol. The number of halogens is 1. The van der Waals surface area contributed by atoms with Gasteiger partial charge in [0.15, 0.2) is 0 Å². The molecule has 2 rings (SSSR count). The SMILES string of the molecule is CC(C)NCc1cnc(N(C)C2CCCCC2C)c(Cl)c1. The first-order valence-electron chi connectivity index (χ1n) is 8.09. The minimum Gasteiger partial charge on any atom is -0.355 e. The standard InChI is InChI=1S/C17H28ClN3/c1-12(2)19-10-14-9-15(18)17(20-11-14)21(4)16-8-6-5-7-13(16)3/h9,11-13,16,19H,5-8,10H2,1-4H3. The number of nitrogens with one attached hydrogen (secondary N) is 1. The quantitative estimate of drug-likeness (QED) is 0.881. The lowest BCUT2D eigenvalue weighted by molar-refractivity contribution is 0.320. The topological polar surface area (TPSA) is 28.2 Å². The summed E-state index contributed by atoms with van der Waals surface area (Å²) in [6.45, 7) is 7.44. The number of hydrogen-bond donors (Lipinski definition) is 1. The van der Waals surface area contributed by atoms with Crippen molar-refractivity contribution >= 4 is 17.4 Å². The second-order valence-corrected chi connectivity index (χ2v) is 7.03. The van der Waals surface area contributed by atoms with E-state index in [4.69, 9.17) is 11.6 Å². The maximum absolute atomic E-state index is 6.47. The van der Waals surface area contributed by atoms with E-state index in [1.165, 1.54) is 25.7 Å². The van der Waals surface area contributed by atoms with Crippen molar-refractivity contribution in [3.63, 3.8) is 0 Å². The van der Waals surface area contributed by atoms with Gasteiger partial charge in [-0.3, -0.25) is 0 Å². The Morgan fingerprint density at radius 1 is 1.38 bits per heavy atom. The molecule has 0 aromatic carbocycles. The van der Waals surface area contributed by atoms with Crippen LogP contribution in [-0.2, 0) is 6.54 Å². The maximum Gasteiger partial charge on any atom is 0.147 e. The lowest BCUT2D eigenvalue weighted by Gasteiger charge is -2.37. The summed E-state index contributed by atoms with van der Waals surface area (Å²) in [5.74, 6) is 1.63. The van der Waals surface area contributed by atoms with Crippen molar-refractivity contribution in [2.75, 3.05) is 11.9 Å². The number of rotatable bonds is 5. The first-order chi connectivity index (χ1) is 9.99. The Morgan fingerprint density at radius 2 is 2.10 bits per heavy atom. The van der Waals surface area contributed by atoms with Crippen molar-refractivity contribution < 1.29 is 0 Å². The molecule has 1 aromatic rings. The molecule has 1 heterocycles. The number of hydrogen-bond acceptors (Lipinski definition) is 3. The van der Waals surface area contributed by atoms with E-state index in [0.29, 0.717) is 18.0 Å². The lowest BCUT2D eigenvalue weighted by atomic mass is 9.85. The zero-order valence-corrected chi connectivity index (χ0v) is 14.5. The third-order valence-electron chi connectivity index (χ3n) is 4.49. The van der Waals surface area contributed by atoms with Gasteiger partial charge >= 0.3 is 0 Å². The van der Waals surface area contributed by atoms with Gasteiger partial charge < -0.3 is 10.2 Å². The van der Waals surface area contributed by atoms with E-state index in [1.54, 1.807) is 0 Å². The largest absolute Gasteiger partial charge is 0.355 e. The molecule has 1 fully saturated rings. The smallest absolute Gasteiger partial charge is 0.147 e. The highest BCUT2D eigenvalue weighted by atomic mass is 35.5. The van der Waals surface area contributed by atoms with Gasteiger partial charge in [-0.05, 0) is 30.4 Å². The van der Waals surface area contributed by atoms with E-state index in [9.17, 15) is 0 Å². The second-order valence-electron chi connectivity index (χ2n) is 6.62. The van der Waals surface area contributed by atoms with E-state index in [1.807, 2.05) is 12.3 Å². The van der Waals surface area contributed by atoms with Crippen molar-refractivity contribution in [2.45, 2.75) is 65.1 Å². The maximum atomic E-state index is 6.47. The Labute approximate surface area is 134 Å². The molecule has 0 aliphatic heterocycles. The van der Waals surface area contributed by atoms with Crippen LogP contribution in [0.1, 0.15) is 52.0 Å². The Balaban J connectivity index is 2.08. The Kier molecular flexibility index (Phi) is 5.88. The van der Waals surface area contributed by atoms with Crippen molar-refractivity contribution in [1.82, 2.24) is 10.3 Å². The molecule has 0 bridgehead atoms. The monoisotopic (exact) mass is 309 g/mol. The van der Waals surface area contributed by atoms with E-state index in [2.05, 4.69) is 43.0 Å². The second kappa shape index (κ2) is 7.46. The molecule has 21 heavy (non-hydrogen) atoms. The molecule has 0 radical (unpaired) electrons. The van der Waals surface area contributed by atoms with Crippen LogP contribution in [0.4, 0.5) is 5.82 Å². The fraction of sp³-hybridized carbons (Fsp3) is 0.706. The number of nitrogens with zero attached hydrogens (tertiary/aromatic N) is 2. The van der Waals surface area contributed by atoms with E-state index in [0.717, 1.165) is 22.9 Å². The van der Waals surface area contributed by atoms with Gasteiger partial charge in [0.05, 0.1) is 5.02 Å². The van der Waals surface area contributed by atoms with Crippen molar-refractivity contribution in [3.8, 4) is 0 Å². The fourth-order valence-corrected chi connectivity index (χ4v) is 3.50. The molecule has 0 spiro atoms. The molecule has 1 aromatic heterocycles. The summed E-state index contributed by atoms with van der Waals surface area (Å²) in [7, 11) is 2.13. The van der Waals surface area contributed by atoms with Crippen molar-refractivity contribution in [2.24, 2.45) is 5.92 Å². The molecule has 1 aliphatic carbocycles. The molecule has 2 atom stereocenters. The normalized spacial score (nSPS) is 22.6. The summed E-state index contributed by atoms with van der Waals surface area (Å²) in [4.78, 5) is 6.90. The van der Waals surface area contributed by atoms with Crippen LogP contribution in [0.3, 0.4) is 0 Å². The van der Waals surface area contributed by atoms with Gasteiger partial charge in [0.1, 0.15) is 5.82 Å². The summed E-state index contributed by atoms with van der Waals surface area (Å²) in [6, 6.07) is 3.07. The van der Waals surface area contributed by atoms with Crippen LogP contribution in [0.5, 0.6) is 0 Å². The van der Waals surface area contributed by atoms with Crippen LogP contribution in [0.2, 0.25) is 5.02 Å². The minimum atomic E-state index is 0.467. The summed E-state index contributed by atoms with van der Waals surface area (Å²) < 4.78 is 0. The Bertz CT molecular complexity index is 461. The number of pyridine rings is 1. The number of anilines is 1. The molecule has 1 N–H and O–H groups in total. The summed E-state index contributed by atoms with van der Waals surface area (Å²) in [5, 5.41) is 4.16. The van der Waals surface area contributed by atoms with Gasteiger partial charge in [0.25, 0.3) is 0 Å². The van der Waals surface area contributed by atoms with Gasteiger partial charge in [-0.25, -0.2) is 4.98 Å². The van der Waals surface area contributed by atoms with Crippen LogP contribution in [0.15, 0.2) is 12.3 Å². The van der Waals surface area contributed by atoms with Gasteiger partial charge in [-0.1, -0.05) is 45.2 Å². The van der Waals surface area contributed by atoms with Crippen LogP contribution in [-0.4, -0.2) is 24.1 Å². The highest BCUT2D eigenvalue weighted by molar-refractivity contribution is 6.33. The molecule has 3 nitrogen and oxygen atoms in total. The lowest BCUT2D eigenvalue weighted by Crippen LogP contribution is -2.39. The predicted octanol–water partition coefficient (Wildman–Crippen LogP) is 4.25. The average molecular weight is 310 g/mol. The first kappa shape index (κ1) is 16.6. The van der Waals surface area contributed by atoms with E-state index < -0.39 is 0 Å². The van der Waals surface area contributed by atoms with Crippen LogP contribution < -0.4 is 10.2 Å². The molecule has 118 valence electrons. The summed E-state index contributed by atoms with van der Waals surface area (Å²) in [6.07, 6.45) is 7.16. The van der Waals surface area contributed by atoms with Crippen LogP contribution in [0, 0.1) is 5.92 Å². The Morgan fingerprint density at radius 3 is 2.71 bits per heavy atom. The number of aromatic nitrogens is 1. The van der Waals surface area contributed by atoms with E-state index >= 15 is 0 Å². The predicted molar refractivity (Wildman–Crippen MR) is 91.0 cm³/mol. The molecule has 1 saturated carbocycles. The van der Waals surface area contributed by atoms with E-state index in [-0.39, 0.29) is 0 Å². The summed E-state index contributed by atoms with van der Waals surface area (Å²) in [5.41, 5.74) is 1.14. The molecule has 0 saturated heterocycles. The fourth-order valence-electron chi connectivity index (χ4n) is 3.18. The van der Waals surface area contributed by atoms with Gasteiger partial charge in [-0.2, -0.15) is 0 Å². The third kappa shape index (κ3) is 4.33. The molecule has 4 heteroatoms. The zero-order valence-electron chi connectivity index (χ0n) is 13.7. The van der Waals surface area contributed by atoms with Gasteiger partial charge in [0, 0.05) is 31.9 Å². The molecule has 2 unspecified atom stereocenters. The highest BCUT2D eigenvalue weighted by Gasteiger charge is 2.26. The van der Waals surface area contributed by atoms with Crippen LogP contribution >= 0.6 is 11.6 Å². The third-order valence-corrected chi connectivity index (χ3v) is 4.77. The zero-order chi connectivity index (χ0) is 15.4. The van der Waals surface area contributed by atoms with Crippen molar-refractivity contribution in [1.29, 1.82) is 0 Å². The van der Waals surface area contributed by atoms with Gasteiger partial charge in [-0.15, -0.1) is 0 Å². The molecule has 0 amide bonds. The summed E-state index contributed by atoms with van der Waals surface area (Å²) >= 11 is 6.47.